The predicted octanol–water partition coefficient (Wildman–Crippen LogP) is 10.6. The number of aromatic hydroxyl groups is 1. The van der Waals surface area contributed by atoms with Gasteiger partial charge in [0.15, 0.2) is 0 Å². The van der Waals surface area contributed by atoms with E-state index in [0.29, 0.717) is 60.8 Å². The summed E-state index contributed by atoms with van der Waals surface area (Å²) in [4.78, 5) is 42.9. The molecule has 15 rings (SSSR count). The van der Waals surface area contributed by atoms with Gasteiger partial charge in [0.25, 0.3) is 0 Å². The second kappa shape index (κ2) is 23.7. The molecule has 2 saturated carbocycles. The molecule has 14 bridgehead atoms. The lowest BCUT2D eigenvalue weighted by Crippen LogP contribution is -2.52. The lowest BCUT2D eigenvalue weighted by molar-refractivity contribution is -0.135. The summed E-state index contributed by atoms with van der Waals surface area (Å²) < 4.78 is 13.5. The van der Waals surface area contributed by atoms with Gasteiger partial charge in [-0.15, -0.1) is 0 Å². The minimum absolute atomic E-state index is 0.00686. The molecule has 1 spiro atoms. The molecule has 444 valence electrons. The number of cyclic esters (lactones) is 1. The highest BCUT2D eigenvalue weighted by Crippen LogP contribution is 2.72. The first-order valence-electron chi connectivity index (χ1n) is 31.9. The van der Waals surface area contributed by atoms with Crippen molar-refractivity contribution in [3.63, 3.8) is 0 Å². The van der Waals surface area contributed by atoms with Gasteiger partial charge in [-0.25, -0.2) is 9.59 Å². The van der Waals surface area contributed by atoms with E-state index in [9.17, 15) is 20.1 Å². The Kier molecular flexibility index (Phi) is 16.1. The van der Waals surface area contributed by atoms with Gasteiger partial charge in [-0.1, -0.05) is 97.6 Å². The number of nitrogens with one attached hydrogen (secondary N) is 4. The summed E-state index contributed by atoms with van der Waals surface area (Å²) in [6, 6.07) is 33.4. The van der Waals surface area contributed by atoms with Crippen molar-refractivity contribution in [2.45, 2.75) is 128 Å². The molecular weight excluding hydrogens is 1060 g/mol. The molecule has 7 N–H and O–H groups in total. The van der Waals surface area contributed by atoms with E-state index in [4.69, 9.17) is 9.47 Å². The molecule has 4 aromatic rings. The van der Waals surface area contributed by atoms with E-state index in [0.717, 1.165) is 116 Å². The molecule has 0 radical (unpaired) electrons. The standard InChI is InChI=1S/C73H84N4O8/c1-4-44(32-45-10-6-5-7-11-45)36-62-73-28-22-56-57-20-21-58-61(84-69(81)65(58)66(57)73)23-27-72(53-25-30-76-63(37-53)74-3)39-51-35-48(42-79)16-17-52(26-31-78)71(2,83)43-77-68(60(51)40-72)50-15-8-12-46(33-50)24-29-75-41-47-13-9-14-49(34-47)55-19-18-54(80)38-59(55)64(56)67(73)70(82)85-62/h5-15,18-19,23,31,33-34,36,38,44,48,51-53,56-57,60,63,66,68,74-77,79-80,83H,4,20-22,24-30,32,35,37,39-43H2,1-3H3. The fourth-order valence-corrected chi connectivity index (χ4v) is 17.9. The molecule has 14 unspecified atom stereocenters. The Hall–Kier alpha value is -6.43. The highest BCUT2D eigenvalue weighted by molar-refractivity contribution is 6.07. The highest BCUT2D eigenvalue weighted by atomic mass is 16.6. The van der Waals surface area contributed by atoms with Crippen molar-refractivity contribution in [3.05, 3.63) is 165 Å². The van der Waals surface area contributed by atoms with Crippen molar-refractivity contribution in [2.24, 2.45) is 64.1 Å². The molecule has 2 saturated heterocycles. The predicted molar refractivity (Wildman–Crippen MR) is 328 cm³/mol. The van der Waals surface area contributed by atoms with Crippen LogP contribution in [0.4, 0.5) is 0 Å². The second-order valence-corrected chi connectivity index (χ2v) is 26.8. The van der Waals surface area contributed by atoms with Gasteiger partial charge in [-0.2, -0.15) is 0 Å². The van der Waals surface area contributed by atoms with Gasteiger partial charge in [0, 0.05) is 48.5 Å². The number of aliphatic hydroxyl groups excluding tert-OH is 1. The van der Waals surface area contributed by atoms with Crippen LogP contribution in [-0.2, 0) is 43.2 Å². The Morgan fingerprint density at radius 2 is 1.69 bits per heavy atom. The summed E-state index contributed by atoms with van der Waals surface area (Å²) in [6.07, 6.45) is 15.8. The third-order valence-corrected chi connectivity index (χ3v) is 22.0. The van der Waals surface area contributed by atoms with Crippen molar-refractivity contribution in [3.8, 4) is 28.7 Å². The van der Waals surface area contributed by atoms with Crippen LogP contribution in [0.1, 0.15) is 125 Å². The van der Waals surface area contributed by atoms with Crippen LogP contribution in [0.25, 0.3) is 16.7 Å². The van der Waals surface area contributed by atoms with Crippen LogP contribution < -0.4 is 21.3 Å². The first-order valence-corrected chi connectivity index (χ1v) is 31.9. The molecule has 6 heterocycles. The molecule has 12 heteroatoms. The summed E-state index contributed by atoms with van der Waals surface area (Å²) in [7, 11) is 2.02. The quantitative estimate of drug-likeness (QED) is 0.0480. The fraction of sp³-hybridized carbons (Fsp3) is 0.493. The first kappa shape index (κ1) is 57.6. The maximum absolute atomic E-state index is 15.4. The normalized spacial score (nSPS) is 34.2. The van der Waals surface area contributed by atoms with E-state index < -0.39 is 16.9 Å². The van der Waals surface area contributed by atoms with Crippen LogP contribution in [0.5, 0.6) is 5.75 Å². The van der Waals surface area contributed by atoms with Crippen LogP contribution in [0.2, 0.25) is 0 Å². The molecule has 12 nitrogen and oxygen atoms in total. The van der Waals surface area contributed by atoms with Crippen molar-refractivity contribution >= 4 is 23.8 Å². The zero-order valence-corrected chi connectivity index (χ0v) is 49.6. The number of phenols is 1. The number of hydrogen-bond donors (Lipinski definition) is 7. The van der Waals surface area contributed by atoms with Gasteiger partial charge in [-0.3, -0.25) is 0 Å². The number of fused-ring (bicyclic) bond motifs is 5. The lowest BCUT2D eigenvalue weighted by atomic mass is 9.44. The zero-order chi connectivity index (χ0) is 58.6. The number of ether oxygens (including phenoxy) is 2. The number of allylic oxidation sites excluding steroid dienone is 5. The number of β-amino-alcohol motifs (C(OH)–C–C–N with tert-alkyl or cyclic N) is 1. The number of rotatable bonds is 9. The van der Waals surface area contributed by atoms with Gasteiger partial charge in [-0.05, 0) is 226 Å². The third kappa shape index (κ3) is 10.6. The van der Waals surface area contributed by atoms with Crippen molar-refractivity contribution in [2.75, 3.05) is 33.3 Å². The van der Waals surface area contributed by atoms with Crippen LogP contribution in [0, 0.1) is 75.9 Å². The smallest absolute Gasteiger partial charge is 0.340 e. The molecule has 0 aromatic heterocycles. The van der Waals surface area contributed by atoms with E-state index in [-0.39, 0.29) is 96.3 Å². The van der Waals surface area contributed by atoms with Crippen LogP contribution >= 0.6 is 0 Å². The first-order chi connectivity index (χ1) is 41.3. The van der Waals surface area contributed by atoms with Gasteiger partial charge < -0.3 is 50.9 Å². The topological polar surface area (TPSA) is 178 Å². The molecule has 4 aromatic carbocycles. The number of aldehydes is 1. The van der Waals surface area contributed by atoms with E-state index in [1.807, 2.05) is 25.2 Å². The van der Waals surface area contributed by atoms with Crippen molar-refractivity contribution in [1.29, 1.82) is 0 Å². The number of benzene rings is 4. The summed E-state index contributed by atoms with van der Waals surface area (Å²) >= 11 is 0. The molecule has 5 aliphatic carbocycles. The number of carbonyl (C=O) groups excluding carboxylic acids is 3. The van der Waals surface area contributed by atoms with Gasteiger partial charge >= 0.3 is 11.9 Å². The monoisotopic (exact) mass is 1140 g/mol. The average molecular weight is 1150 g/mol. The minimum atomic E-state index is -1.34. The molecule has 4 fully saturated rings. The zero-order valence-electron chi connectivity index (χ0n) is 49.6. The molecule has 11 aliphatic rings. The summed E-state index contributed by atoms with van der Waals surface area (Å²) in [6.45, 7) is 6.27. The summed E-state index contributed by atoms with van der Waals surface area (Å²) in [5.74, 6) is 6.57. The van der Waals surface area contributed by atoms with Gasteiger partial charge in [0.05, 0.1) is 35.3 Å². The lowest BCUT2D eigenvalue weighted by Gasteiger charge is -2.56. The van der Waals surface area contributed by atoms with Crippen LogP contribution in [0.15, 0.2) is 137 Å². The van der Waals surface area contributed by atoms with Crippen molar-refractivity contribution < 1.29 is 39.2 Å². The Morgan fingerprint density at radius 1 is 0.847 bits per heavy atom. The number of phenolic OH excluding ortho intramolecular Hbond substituents is 1. The molecule has 85 heavy (non-hydrogen) atoms. The van der Waals surface area contributed by atoms with Crippen LogP contribution in [0.3, 0.4) is 0 Å². The van der Waals surface area contributed by atoms with E-state index in [1.54, 1.807) is 13.0 Å². The number of hydrogen-bond acceptors (Lipinski definition) is 12. The van der Waals surface area contributed by atoms with E-state index >= 15 is 9.59 Å². The maximum atomic E-state index is 15.4. The van der Waals surface area contributed by atoms with Crippen molar-refractivity contribution in [1.82, 2.24) is 21.3 Å². The maximum Gasteiger partial charge on any atom is 0.340 e. The van der Waals surface area contributed by atoms with Gasteiger partial charge in [0.1, 0.15) is 23.6 Å². The van der Waals surface area contributed by atoms with E-state index in [2.05, 4.69) is 125 Å². The Labute approximate surface area is 501 Å². The number of esters is 2. The third-order valence-electron chi connectivity index (χ3n) is 22.0. The average Bonchev–Trinajstić information content (AvgIpc) is 1.63. The fourth-order valence-electron chi connectivity index (χ4n) is 17.9. The second-order valence-electron chi connectivity index (χ2n) is 26.8. The van der Waals surface area contributed by atoms with Crippen LogP contribution in [-0.4, -0.2) is 78.6 Å². The summed E-state index contributed by atoms with van der Waals surface area (Å²) in [5.41, 5.74) is 8.12. The number of carbonyl (C=O) groups is 3. The molecule has 6 aliphatic heterocycles. The largest absolute Gasteiger partial charge is 0.508 e. The molecule has 14 atom stereocenters. The SMILES string of the molecule is CCC(C=C1OC(=O)C2=C3c4cc(O)ccc4-c4cccc(c4)CNCCc4cccc(c4)C4NCC(C)(O)C(CC=O)C#CC(CO)CC5CC(C6CCNC(NC)C6)(CC=C6OC(=O)C7=C6CCC6C3CCC12C76)CC54)Cc1ccccc1. The Balaban J connectivity index is 0.993. The Morgan fingerprint density at radius 3 is 2.52 bits per heavy atom. The molecular formula is C73H84N4O8. The molecule has 0 amide bonds. The van der Waals surface area contributed by atoms with Gasteiger partial charge in [0.2, 0.25) is 0 Å². The number of aliphatic hydroxyl groups is 2. The highest BCUT2D eigenvalue weighted by Gasteiger charge is 2.69. The van der Waals surface area contributed by atoms with E-state index in [1.165, 1.54) is 11.1 Å². The Bertz CT molecular complexity index is 3440. The minimum Gasteiger partial charge on any atom is -0.508 e. The number of piperidine rings is 1. The summed E-state index contributed by atoms with van der Waals surface area (Å²) in [5, 5.41) is 50.0.